The first-order chi connectivity index (χ1) is 20.8. The summed E-state index contributed by atoms with van der Waals surface area (Å²) in [5.41, 5.74) is 1.42. The molecule has 2 unspecified atom stereocenters. The van der Waals surface area contributed by atoms with Crippen LogP contribution in [0.1, 0.15) is 26.2 Å². The van der Waals surface area contributed by atoms with E-state index in [1.807, 2.05) is 0 Å². The summed E-state index contributed by atoms with van der Waals surface area (Å²) in [5.74, 6) is 0.752. The lowest BCUT2D eigenvalue weighted by molar-refractivity contribution is 0.547. The minimum absolute atomic E-state index is 0.304. The first-order valence-corrected chi connectivity index (χ1v) is 19.9. The van der Waals surface area contributed by atoms with Crippen LogP contribution in [0.5, 0.6) is 0 Å². The molecule has 0 nitrogen and oxygen atoms in total. The van der Waals surface area contributed by atoms with Gasteiger partial charge in [0.2, 0.25) is 0 Å². The Morgan fingerprint density at radius 1 is 0.500 bits per heavy atom. The molecule has 0 aromatic heterocycles. The molecule has 3 heteroatoms. The van der Waals surface area contributed by atoms with E-state index < -0.39 is 7.92 Å². The molecule has 0 radical (unpaired) electrons. The van der Waals surface area contributed by atoms with Gasteiger partial charge in [0.1, 0.15) is 0 Å². The van der Waals surface area contributed by atoms with Gasteiger partial charge in [0.05, 0.1) is 0 Å². The van der Waals surface area contributed by atoms with Gasteiger partial charge < -0.3 is 0 Å². The lowest BCUT2D eigenvalue weighted by Crippen LogP contribution is -2.32. The molecule has 1 aliphatic carbocycles. The van der Waals surface area contributed by atoms with Crippen LogP contribution in [0.25, 0.3) is 0 Å². The smallest absolute Gasteiger partial charge is 0.00944 e. The molecule has 0 N–H and O–H groups in total. The maximum Gasteiger partial charge on any atom is -0.00944 e. The van der Waals surface area contributed by atoms with Crippen molar-refractivity contribution in [3.8, 4) is 0 Å². The summed E-state index contributed by atoms with van der Waals surface area (Å²) >= 11 is 0. The first kappa shape index (κ1) is 29.5. The highest BCUT2D eigenvalue weighted by Crippen LogP contribution is 2.57. The molecule has 0 bridgehead atoms. The summed E-state index contributed by atoms with van der Waals surface area (Å²) in [4.78, 5) is 0. The number of rotatable bonds is 11. The molecule has 1 fully saturated rings. The fraction of sp³-hybridized carbons (Fsp3) is 0.231. The van der Waals surface area contributed by atoms with Gasteiger partial charge in [-0.1, -0.05) is 173 Å². The minimum Gasteiger partial charge on any atom is -0.0717 e. The van der Waals surface area contributed by atoms with E-state index in [0.29, 0.717) is 5.66 Å². The fourth-order valence-electron chi connectivity index (χ4n) is 6.81. The van der Waals surface area contributed by atoms with Crippen molar-refractivity contribution in [1.29, 1.82) is 0 Å². The zero-order valence-electron chi connectivity index (χ0n) is 24.5. The van der Waals surface area contributed by atoms with Crippen molar-refractivity contribution in [2.75, 3.05) is 12.3 Å². The van der Waals surface area contributed by atoms with Crippen LogP contribution in [0.2, 0.25) is 0 Å². The molecule has 0 heterocycles. The summed E-state index contributed by atoms with van der Waals surface area (Å²) in [5, 5.41) is 7.69. The normalized spacial score (nSPS) is 18.3. The average Bonchev–Trinajstić information content (AvgIpc) is 3.55. The Morgan fingerprint density at radius 2 is 0.905 bits per heavy atom. The van der Waals surface area contributed by atoms with Crippen LogP contribution in [-0.4, -0.2) is 23.6 Å². The Hall–Kier alpha value is -2.61. The molecule has 212 valence electrons. The maximum absolute atomic E-state index is 2.62. The quantitative estimate of drug-likeness (QED) is 0.133. The van der Waals surface area contributed by atoms with Crippen LogP contribution in [-0.2, 0) is 0 Å². The second kappa shape index (κ2) is 14.7. The van der Waals surface area contributed by atoms with Crippen molar-refractivity contribution in [1.82, 2.24) is 0 Å². The van der Waals surface area contributed by atoms with Crippen LogP contribution in [0.15, 0.2) is 152 Å². The molecular formula is C39H41P3. The molecule has 4 atom stereocenters. The Labute approximate surface area is 256 Å². The highest BCUT2D eigenvalue weighted by molar-refractivity contribution is 7.75. The van der Waals surface area contributed by atoms with Crippen LogP contribution in [0, 0.1) is 5.92 Å². The monoisotopic (exact) mass is 602 g/mol. The Bertz CT molecular complexity index is 1400. The van der Waals surface area contributed by atoms with Crippen molar-refractivity contribution in [2.24, 2.45) is 5.92 Å². The van der Waals surface area contributed by atoms with Gasteiger partial charge in [-0.3, -0.25) is 0 Å². The van der Waals surface area contributed by atoms with E-state index in [9.17, 15) is 0 Å². The van der Waals surface area contributed by atoms with Crippen molar-refractivity contribution >= 4 is 50.3 Å². The third kappa shape index (κ3) is 6.95. The summed E-state index contributed by atoms with van der Waals surface area (Å²) in [6.07, 6.45) is 6.61. The molecule has 0 spiro atoms. The summed E-state index contributed by atoms with van der Waals surface area (Å²) in [6, 6.07) is 57.0. The van der Waals surface area contributed by atoms with E-state index in [1.54, 1.807) is 15.9 Å². The van der Waals surface area contributed by atoms with Crippen LogP contribution >= 0.6 is 23.8 Å². The lowest BCUT2D eigenvalue weighted by Gasteiger charge is -2.38. The number of benzene rings is 5. The largest absolute Gasteiger partial charge is 0.0717 e. The fourth-order valence-corrected chi connectivity index (χ4v) is 16.3. The number of hydrogen-bond acceptors (Lipinski definition) is 0. The average molecular weight is 603 g/mol. The minimum atomic E-state index is -0.397. The Balaban J connectivity index is 1.32. The molecule has 1 saturated carbocycles. The second-order valence-electron chi connectivity index (χ2n) is 11.3. The van der Waals surface area contributed by atoms with Gasteiger partial charge in [-0.15, -0.1) is 0 Å². The third-order valence-corrected chi connectivity index (χ3v) is 17.7. The van der Waals surface area contributed by atoms with E-state index in [1.165, 1.54) is 42.2 Å². The van der Waals surface area contributed by atoms with Gasteiger partial charge in [0.15, 0.2) is 0 Å². The van der Waals surface area contributed by atoms with E-state index >= 15 is 0 Å². The Kier molecular flexibility index (Phi) is 10.3. The lowest BCUT2D eigenvalue weighted by atomic mass is 10.0. The summed E-state index contributed by atoms with van der Waals surface area (Å²) in [6.45, 7) is 2.62. The molecule has 0 saturated heterocycles. The zero-order valence-corrected chi connectivity index (χ0v) is 27.2. The van der Waals surface area contributed by atoms with Crippen LogP contribution in [0.3, 0.4) is 0 Å². The van der Waals surface area contributed by atoms with Crippen molar-refractivity contribution < 1.29 is 0 Å². The SMILES string of the molecule is C[C@H](C1CCCC1P(c1ccccc1)c1ccccc1)[P@@](CCP(c1ccccc1)c1ccccc1)c1ccccc1. The van der Waals surface area contributed by atoms with Gasteiger partial charge in [-0.2, -0.15) is 0 Å². The van der Waals surface area contributed by atoms with Crippen molar-refractivity contribution in [3.63, 3.8) is 0 Å². The van der Waals surface area contributed by atoms with Crippen molar-refractivity contribution in [3.05, 3.63) is 152 Å². The first-order valence-electron chi connectivity index (χ1n) is 15.4. The maximum atomic E-state index is 2.62. The highest BCUT2D eigenvalue weighted by Gasteiger charge is 2.40. The number of hydrogen-bond donors (Lipinski definition) is 0. The van der Waals surface area contributed by atoms with E-state index in [2.05, 4.69) is 159 Å². The molecule has 0 aliphatic heterocycles. The van der Waals surface area contributed by atoms with E-state index in [4.69, 9.17) is 0 Å². The van der Waals surface area contributed by atoms with Gasteiger partial charge >= 0.3 is 0 Å². The molecule has 0 amide bonds. The molecular weight excluding hydrogens is 561 g/mol. The molecule has 6 rings (SSSR count). The summed E-state index contributed by atoms with van der Waals surface area (Å²) < 4.78 is 0. The zero-order chi connectivity index (χ0) is 28.6. The van der Waals surface area contributed by atoms with Crippen molar-refractivity contribution in [2.45, 2.75) is 37.5 Å². The Morgan fingerprint density at radius 3 is 1.36 bits per heavy atom. The van der Waals surface area contributed by atoms with E-state index in [0.717, 1.165) is 11.6 Å². The van der Waals surface area contributed by atoms with E-state index in [-0.39, 0.29) is 15.8 Å². The topological polar surface area (TPSA) is 0 Å². The predicted molar refractivity (Wildman–Crippen MR) is 191 cm³/mol. The molecule has 1 aliphatic rings. The third-order valence-electron chi connectivity index (χ3n) is 8.83. The van der Waals surface area contributed by atoms with Gasteiger partial charge in [-0.05, 0) is 84.8 Å². The standard InChI is InChI=1S/C39H41P3/c1-32(38-28-17-29-39(38)42(36-24-13-5-14-25-36)37-26-15-6-16-27-37)40(33-18-7-2-8-19-33)30-31-41(34-20-9-3-10-21-34)35-22-11-4-12-23-35/h2-16,18-27,32,38-39H,17,28-31H2,1H3/t32-,38?,39?,40-/m1/s1. The molecule has 5 aromatic carbocycles. The second-order valence-corrected chi connectivity index (χ2v) is 18.8. The molecule has 42 heavy (non-hydrogen) atoms. The summed E-state index contributed by atoms with van der Waals surface area (Å²) in [7, 11) is -1.09. The van der Waals surface area contributed by atoms with Gasteiger partial charge in [0.25, 0.3) is 0 Å². The van der Waals surface area contributed by atoms with Gasteiger partial charge in [0, 0.05) is 0 Å². The highest BCUT2D eigenvalue weighted by atomic mass is 31.1. The van der Waals surface area contributed by atoms with Gasteiger partial charge in [-0.25, -0.2) is 0 Å². The van der Waals surface area contributed by atoms with Crippen LogP contribution in [0.4, 0.5) is 0 Å². The molecule has 5 aromatic rings. The van der Waals surface area contributed by atoms with Crippen LogP contribution < -0.4 is 26.5 Å². The predicted octanol–water partition coefficient (Wildman–Crippen LogP) is 8.62.